The molecule has 0 radical (unpaired) electrons. The van der Waals surface area contributed by atoms with Gasteiger partial charge in [-0.2, -0.15) is 5.10 Å². The van der Waals surface area contributed by atoms with E-state index in [0.29, 0.717) is 31.3 Å². The van der Waals surface area contributed by atoms with Crippen LogP contribution in [-0.4, -0.2) is 54.9 Å². The second-order valence-electron chi connectivity index (χ2n) is 8.33. The van der Waals surface area contributed by atoms with Crippen LogP contribution in [0.25, 0.3) is 0 Å². The van der Waals surface area contributed by atoms with Crippen molar-refractivity contribution in [2.45, 2.75) is 6.42 Å². The van der Waals surface area contributed by atoms with Gasteiger partial charge in [0.05, 0.1) is 31.0 Å². The van der Waals surface area contributed by atoms with Crippen molar-refractivity contribution in [2.24, 2.45) is 5.92 Å². The largest absolute Gasteiger partial charge is 0.378 e. The predicted octanol–water partition coefficient (Wildman–Crippen LogP) is 3.05. The SMILES string of the molecule is O=C(Nc1ccc(Nc2cc(N3CCOCC3)cnn2)cc1)C1CC(=O)N(c2ccccc2)C1. The third-order valence-corrected chi connectivity index (χ3v) is 6.00. The molecule has 2 amide bonds. The van der Waals surface area contributed by atoms with Crippen molar-refractivity contribution in [1.29, 1.82) is 0 Å². The number of carbonyl (C=O) groups excluding carboxylic acids is 2. The van der Waals surface area contributed by atoms with E-state index in [4.69, 9.17) is 4.74 Å². The highest BCUT2D eigenvalue weighted by atomic mass is 16.5. The normalized spacial score (nSPS) is 18.1. The first-order valence-electron chi connectivity index (χ1n) is 11.3. The number of anilines is 5. The van der Waals surface area contributed by atoms with Gasteiger partial charge in [-0.3, -0.25) is 9.59 Å². The van der Waals surface area contributed by atoms with Crippen LogP contribution in [0.4, 0.5) is 28.6 Å². The Morgan fingerprint density at radius 1 is 0.971 bits per heavy atom. The minimum atomic E-state index is -0.385. The van der Waals surface area contributed by atoms with E-state index in [9.17, 15) is 9.59 Å². The van der Waals surface area contributed by atoms with Gasteiger partial charge in [-0.05, 0) is 36.4 Å². The number of hydrogen-bond acceptors (Lipinski definition) is 7. The van der Waals surface area contributed by atoms with Crippen LogP contribution >= 0.6 is 0 Å². The highest BCUT2D eigenvalue weighted by molar-refractivity contribution is 6.03. The quantitative estimate of drug-likeness (QED) is 0.586. The lowest BCUT2D eigenvalue weighted by atomic mass is 10.1. The molecule has 2 aliphatic rings. The van der Waals surface area contributed by atoms with Crippen molar-refractivity contribution >= 4 is 40.4 Å². The Kier molecular flexibility index (Phi) is 6.35. The number of nitrogens with one attached hydrogen (secondary N) is 2. The fourth-order valence-electron chi connectivity index (χ4n) is 4.18. The van der Waals surface area contributed by atoms with Crippen LogP contribution in [0.2, 0.25) is 0 Å². The number of aromatic nitrogens is 2. The average Bonchev–Trinajstić information content (AvgIpc) is 3.28. The maximum Gasteiger partial charge on any atom is 0.229 e. The summed E-state index contributed by atoms with van der Waals surface area (Å²) in [7, 11) is 0. The van der Waals surface area contributed by atoms with Gasteiger partial charge in [0.1, 0.15) is 0 Å². The Balaban J connectivity index is 1.18. The highest BCUT2D eigenvalue weighted by Gasteiger charge is 2.35. The molecule has 1 unspecified atom stereocenters. The van der Waals surface area contributed by atoms with E-state index >= 15 is 0 Å². The number of para-hydroxylation sites is 1. The highest BCUT2D eigenvalue weighted by Crippen LogP contribution is 2.26. The standard InChI is InChI=1S/C25H26N6O3/c32-24-14-18(17-31(24)21-4-2-1-3-5-21)25(33)28-20-8-6-19(7-9-20)27-23-15-22(16-26-29-23)30-10-12-34-13-11-30/h1-9,15-16,18H,10-14,17H2,(H,27,29)(H,28,33). The molecule has 2 N–H and O–H groups in total. The van der Waals surface area contributed by atoms with Gasteiger partial charge in [0.15, 0.2) is 5.82 Å². The van der Waals surface area contributed by atoms with E-state index in [1.165, 1.54) is 0 Å². The molecule has 34 heavy (non-hydrogen) atoms. The molecule has 2 saturated heterocycles. The lowest BCUT2D eigenvalue weighted by molar-refractivity contribution is -0.122. The molecular weight excluding hydrogens is 432 g/mol. The predicted molar refractivity (Wildman–Crippen MR) is 130 cm³/mol. The third-order valence-electron chi connectivity index (χ3n) is 6.00. The summed E-state index contributed by atoms with van der Waals surface area (Å²) in [6, 6.07) is 18.8. The second-order valence-corrected chi connectivity index (χ2v) is 8.33. The molecule has 1 atom stereocenters. The lowest BCUT2D eigenvalue weighted by Crippen LogP contribution is -2.36. The topological polar surface area (TPSA) is 99.7 Å². The van der Waals surface area contributed by atoms with Crippen molar-refractivity contribution < 1.29 is 14.3 Å². The molecule has 1 aromatic heterocycles. The summed E-state index contributed by atoms with van der Waals surface area (Å²) in [6.45, 7) is 3.45. The van der Waals surface area contributed by atoms with Crippen LogP contribution in [0.5, 0.6) is 0 Å². The monoisotopic (exact) mass is 458 g/mol. The molecule has 2 aromatic carbocycles. The number of rotatable bonds is 6. The van der Waals surface area contributed by atoms with Crippen LogP contribution in [0.1, 0.15) is 6.42 Å². The fourth-order valence-corrected chi connectivity index (χ4v) is 4.18. The van der Waals surface area contributed by atoms with Crippen molar-refractivity contribution in [3.05, 3.63) is 66.9 Å². The van der Waals surface area contributed by atoms with Crippen molar-refractivity contribution in [3.63, 3.8) is 0 Å². The van der Waals surface area contributed by atoms with Gasteiger partial charge in [-0.1, -0.05) is 18.2 Å². The van der Waals surface area contributed by atoms with Gasteiger partial charge in [0, 0.05) is 49.2 Å². The van der Waals surface area contributed by atoms with Gasteiger partial charge in [-0.25, -0.2) is 0 Å². The summed E-state index contributed by atoms with van der Waals surface area (Å²) in [5.74, 6) is 0.0674. The molecular formula is C25H26N6O3. The molecule has 9 nitrogen and oxygen atoms in total. The summed E-state index contributed by atoms with van der Waals surface area (Å²) in [5.41, 5.74) is 3.33. The Morgan fingerprint density at radius 2 is 1.71 bits per heavy atom. The van der Waals surface area contributed by atoms with E-state index in [1.807, 2.05) is 60.7 Å². The number of hydrogen-bond donors (Lipinski definition) is 2. The molecule has 2 fully saturated rings. The smallest absolute Gasteiger partial charge is 0.229 e. The van der Waals surface area contributed by atoms with E-state index in [0.717, 1.165) is 30.2 Å². The number of nitrogens with zero attached hydrogens (tertiary/aromatic N) is 4. The van der Waals surface area contributed by atoms with Crippen LogP contribution < -0.4 is 20.4 Å². The average molecular weight is 459 g/mol. The number of amides is 2. The van der Waals surface area contributed by atoms with Gasteiger partial charge in [0.25, 0.3) is 0 Å². The van der Waals surface area contributed by atoms with Crippen LogP contribution in [0, 0.1) is 5.92 Å². The molecule has 3 aromatic rings. The molecule has 0 saturated carbocycles. The molecule has 174 valence electrons. The van der Waals surface area contributed by atoms with Gasteiger partial charge >= 0.3 is 0 Å². The molecule has 0 aliphatic carbocycles. The zero-order valence-corrected chi connectivity index (χ0v) is 18.7. The number of benzene rings is 2. The summed E-state index contributed by atoms with van der Waals surface area (Å²) >= 11 is 0. The lowest BCUT2D eigenvalue weighted by Gasteiger charge is -2.28. The third kappa shape index (κ3) is 4.99. The van der Waals surface area contributed by atoms with E-state index in [-0.39, 0.29) is 24.2 Å². The number of carbonyl (C=O) groups is 2. The van der Waals surface area contributed by atoms with Crippen molar-refractivity contribution in [2.75, 3.05) is 53.3 Å². The van der Waals surface area contributed by atoms with E-state index in [2.05, 4.69) is 25.7 Å². The molecule has 5 rings (SSSR count). The second kappa shape index (κ2) is 9.88. The zero-order valence-electron chi connectivity index (χ0n) is 18.7. The van der Waals surface area contributed by atoms with Gasteiger partial charge in [-0.15, -0.1) is 5.10 Å². The number of morpholine rings is 1. The molecule has 3 heterocycles. The van der Waals surface area contributed by atoms with E-state index < -0.39 is 0 Å². The maximum absolute atomic E-state index is 12.8. The Bertz CT molecular complexity index is 1150. The van der Waals surface area contributed by atoms with Crippen molar-refractivity contribution in [3.8, 4) is 0 Å². The maximum atomic E-state index is 12.8. The van der Waals surface area contributed by atoms with E-state index in [1.54, 1.807) is 11.1 Å². The van der Waals surface area contributed by atoms with Gasteiger partial charge in [0.2, 0.25) is 11.8 Å². The van der Waals surface area contributed by atoms with Crippen LogP contribution in [-0.2, 0) is 14.3 Å². The first-order valence-corrected chi connectivity index (χ1v) is 11.3. The first-order chi connectivity index (χ1) is 16.7. The summed E-state index contributed by atoms with van der Waals surface area (Å²) in [4.78, 5) is 29.1. The zero-order chi connectivity index (χ0) is 23.3. The minimum absolute atomic E-state index is 0.0358. The summed E-state index contributed by atoms with van der Waals surface area (Å²) in [5, 5.41) is 14.5. The summed E-state index contributed by atoms with van der Waals surface area (Å²) < 4.78 is 5.41. The van der Waals surface area contributed by atoms with Crippen molar-refractivity contribution in [1.82, 2.24) is 10.2 Å². The Labute approximate surface area is 197 Å². The van der Waals surface area contributed by atoms with Gasteiger partial charge < -0.3 is 25.2 Å². The fraction of sp³-hybridized carbons (Fsp3) is 0.280. The van der Waals surface area contributed by atoms with Crippen LogP contribution in [0.3, 0.4) is 0 Å². The van der Waals surface area contributed by atoms with Crippen LogP contribution in [0.15, 0.2) is 66.9 Å². The molecule has 9 heteroatoms. The minimum Gasteiger partial charge on any atom is -0.378 e. The molecule has 2 aliphatic heterocycles. The number of ether oxygens (including phenoxy) is 1. The Morgan fingerprint density at radius 3 is 2.47 bits per heavy atom. The Hall–Kier alpha value is -3.98. The summed E-state index contributed by atoms with van der Waals surface area (Å²) in [6.07, 6.45) is 1.96. The molecule has 0 bridgehead atoms. The first kappa shape index (κ1) is 21.8. The molecule has 0 spiro atoms.